The van der Waals surface area contributed by atoms with Gasteiger partial charge in [-0.15, -0.1) is 0 Å². The number of carbonyl (C=O) groups is 1. The fourth-order valence-electron chi connectivity index (χ4n) is 2.35. The van der Waals surface area contributed by atoms with Gasteiger partial charge in [-0.25, -0.2) is 0 Å². The van der Waals surface area contributed by atoms with Crippen molar-refractivity contribution in [3.05, 3.63) is 18.5 Å². The zero-order chi connectivity index (χ0) is 13.7. The summed E-state index contributed by atoms with van der Waals surface area (Å²) in [6.45, 7) is 3.71. The average Bonchev–Trinajstić information content (AvgIpc) is 2.98. The molecule has 0 aromatic carbocycles. The van der Waals surface area contributed by atoms with E-state index in [0.29, 0.717) is 19.7 Å². The highest BCUT2D eigenvalue weighted by atomic mass is 16.5. The van der Waals surface area contributed by atoms with E-state index in [1.54, 1.807) is 17.1 Å². The Kier molecular flexibility index (Phi) is 4.93. The van der Waals surface area contributed by atoms with Gasteiger partial charge in [0.25, 0.3) is 0 Å². The fourth-order valence-corrected chi connectivity index (χ4v) is 2.35. The molecule has 19 heavy (non-hydrogen) atoms. The van der Waals surface area contributed by atoms with Crippen LogP contribution in [0.25, 0.3) is 0 Å². The lowest BCUT2D eigenvalue weighted by Gasteiger charge is -2.33. The highest BCUT2D eigenvalue weighted by molar-refractivity contribution is 5.80. The molecule has 2 rings (SSSR count). The number of ether oxygens (including phenoxy) is 1. The quantitative estimate of drug-likeness (QED) is 0.841. The Bertz CT molecular complexity index is 386. The van der Waals surface area contributed by atoms with Crippen LogP contribution in [-0.4, -0.2) is 58.1 Å². The number of rotatable bonds is 5. The first-order chi connectivity index (χ1) is 9.22. The molecule has 0 spiro atoms. The van der Waals surface area contributed by atoms with Crippen LogP contribution in [0, 0.1) is 0 Å². The summed E-state index contributed by atoms with van der Waals surface area (Å²) in [6.07, 6.45) is 5.31. The molecule has 6 nitrogen and oxygen atoms in total. The molecule has 1 atom stereocenters. The molecule has 1 amide bonds. The van der Waals surface area contributed by atoms with Crippen LogP contribution in [0.3, 0.4) is 0 Å². The number of amides is 1. The number of hydrogen-bond donors (Lipinski definition) is 1. The second-order valence-corrected chi connectivity index (χ2v) is 4.78. The van der Waals surface area contributed by atoms with Crippen molar-refractivity contribution in [3.63, 3.8) is 0 Å². The zero-order valence-electron chi connectivity index (χ0n) is 11.2. The number of carbonyl (C=O) groups excluding carboxylic acids is 1. The molecule has 0 saturated carbocycles. The first-order valence-corrected chi connectivity index (χ1v) is 6.72. The van der Waals surface area contributed by atoms with E-state index in [9.17, 15) is 4.79 Å². The van der Waals surface area contributed by atoms with Gasteiger partial charge in [0.05, 0.1) is 19.3 Å². The molecule has 1 aliphatic heterocycles. The van der Waals surface area contributed by atoms with Gasteiger partial charge in [-0.05, 0) is 25.8 Å². The predicted octanol–water partition coefficient (Wildman–Crippen LogP) is 0.444. The summed E-state index contributed by atoms with van der Waals surface area (Å²) in [5, 5.41) is 12.8. The Morgan fingerprint density at radius 2 is 2.26 bits per heavy atom. The molecule has 1 aromatic rings. The largest absolute Gasteiger partial charge is 0.394 e. The van der Waals surface area contributed by atoms with Gasteiger partial charge in [-0.3, -0.25) is 9.48 Å². The number of aromatic nitrogens is 2. The molecule has 1 N–H and O–H groups in total. The fraction of sp³-hybridized carbons (Fsp3) is 0.692. The van der Waals surface area contributed by atoms with Gasteiger partial charge in [0.2, 0.25) is 5.91 Å². The summed E-state index contributed by atoms with van der Waals surface area (Å²) in [4.78, 5) is 14.2. The van der Waals surface area contributed by atoms with Crippen molar-refractivity contribution in [2.75, 3.05) is 26.3 Å². The minimum atomic E-state index is -0.259. The lowest BCUT2D eigenvalue weighted by molar-refractivity contribution is -0.137. The summed E-state index contributed by atoms with van der Waals surface area (Å²) in [7, 11) is 0. The smallest absolute Gasteiger partial charge is 0.247 e. The van der Waals surface area contributed by atoms with Crippen molar-refractivity contribution in [1.82, 2.24) is 14.7 Å². The molecule has 1 aromatic heterocycles. The summed E-state index contributed by atoms with van der Waals surface area (Å²) in [5.74, 6) is 0.101. The summed E-state index contributed by atoms with van der Waals surface area (Å²) >= 11 is 0. The number of likely N-dealkylation sites (tertiary alicyclic amines) is 1. The van der Waals surface area contributed by atoms with Gasteiger partial charge in [-0.1, -0.05) is 0 Å². The van der Waals surface area contributed by atoms with Crippen molar-refractivity contribution in [1.29, 1.82) is 0 Å². The molecule has 2 heterocycles. The van der Waals surface area contributed by atoms with Gasteiger partial charge in [0, 0.05) is 25.5 Å². The normalized spacial score (nSPS) is 18.5. The van der Waals surface area contributed by atoms with Crippen LogP contribution in [0.2, 0.25) is 0 Å². The van der Waals surface area contributed by atoms with Gasteiger partial charge < -0.3 is 14.7 Å². The first-order valence-electron chi connectivity index (χ1n) is 6.72. The second-order valence-electron chi connectivity index (χ2n) is 4.78. The van der Waals surface area contributed by atoms with E-state index in [1.807, 2.05) is 17.9 Å². The third kappa shape index (κ3) is 3.54. The Morgan fingerprint density at radius 1 is 1.53 bits per heavy atom. The molecule has 0 radical (unpaired) electrons. The van der Waals surface area contributed by atoms with Crippen molar-refractivity contribution in [2.24, 2.45) is 0 Å². The van der Waals surface area contributed by atoms with Gasteiger partial charge in [-0.2, -0.15) is 5.10 Å². The molecule has 1 saturated heterocycles. The standard InChI is InChI=1S/C13H21N3O3/c1-11(16-6-2-5-14-16)13(18)15-7-3-12(4-8-15)19-10-9-17/h2,5-6,11-12,17H,3-4,7-10H2,1H3. The molecule has 1 unspecified atom stereocenters. The Labute approximate surface area is 113 Å². The molecule has 0 aliphatic carbocycles. The van der Waals surface area contributed by atoms with Crippen LogP contribution in [0.1, 0.15) is 25.8 Å². The van der Waals surface area contributed by atoms with Gasteiger partial charge in [0.15, 0.2) is 0 Å². The Morgan fingerprint density at radius 3 is 2.84 bits per heavy atom. The minimum Gasteiger partial charge on any atom is -0.394 e. The van der Waals surface area contributed by atoms with Crippen molar-refractivity contribution in [3.8, 4) is 0 Å². The van der Waals surface area contributed by atoms with E-state index in [-0.39, 0.29) is 24.7 Å². The first kappa shape index (κ1) is 14.0. The van der Waals surface area contributed by atoms with Gasteiger partial charge >= 0.3 is 0 Å². The van der Waals surface area contributed by atoms with Crippen LogP contribution in [0.4, 0.5) is 0 Å². The lowest BCUT2D eigenvalue weighted by Crippen LogP contribution is -2.43. The predicted molar refractivity (Wildman–Crippen MR) is 69.6 cm³/mol. The van der Waals surface area contributed by atoms with Crippen molar-refractivity contribution >= 4 is 5.91 Å². The molecule has 0 bridgehead atoms. The third-order valence-electron chi connectivity index (χ3n) is 3.48. The average molecular weight is 267 g/mol. The molecule has 1 fully saturated rings. The van der Waals surface area contributed by atoms with Crippen LogP contribution < -0.4 is 0 Å². The van der Waals surface area contributed by atoms with Crippen LogP contribution in [0.15, 0.2) is 18.5 Å². The molecular formula is C13H21N3O3. The topological polar surface area (TPSA) is 67.6 Å². The highest BCUT2D eigenvalue weighted by Crippen LogP contribution is 2.17. The molecular weight excluding hydrogens is 246 g/mol. The number of aliphatic hydroxyl groups is 1. The maximum absolute atomic E-state index is 12.3. The highest BCUT2D eigenvalue weighted by Gasteiger charge is 2.27. The molecule has 6 heteroatoms. The molecule has 106 valence electrons. The van der Waals surface area contributed by atoms with E-state index < -0.39 is 0 Å². The monoisotopic (exact) mass is 267 g/mol. The maximum Gasteiger partial charge on any atom is 0.247 e. The summed E-state index contributed by atoms with van der Waals surface area (Å²) in [5.41, 5.74) is 0. The zero-order valence-corrected chi connectivity index (χ0v) is 11.2. The van der Waals surface area contributed by atoms with Crippen molar-refractivity contribution < 1.29 is 14.6 Å². The van der Waals surface area contributed by atoms with Crippen molar-refractivity contribution in [2.45, 2.75) is 31.9 Å². The summed E-state index contributed by atoms with van der Waals surface area (Å²) in [6, 6.07) is 1.56. The number of nitrogens with zero attached hydrogens (tertiary/aromatic N) is 3. The van der Waals surface area contributed by atoms with E-state index in [0.717, 1.165) is 12.8 Å². The van der Waals surface area contributed by atoms with Crippen LogP contribution in [-0.2, 0) is 9.53 Å². The van der Waals surface area contributed by atoms with E-state index in [4.69, 9.17) is 9.84 Å². The lowest BCUT2D eigenvalue weighted by atomic mass is 10.1. The van der Waals surface area contributed by atoms with Gasteiger partial charge in [0.1, 0.15) is 6.04 Å². The number of hydrogen-bond acceptors (Lipinski definition) is 4. The third-order valence-corrected chi connectivity index (χ3v) is 3.48. The number of piperidine rings is 1. The SMILES string of the molecule is CC(C(=O)N1CCC(OCCO)CC1)n1cccn1. The Balaban J connectivity index is 1.82. The minimum absolute atomic E-state index is 0.0511. The van der Waals surface area contributed by atoms with E-state index in [1.165, 1.54) is 0 Å². The van der Waals surface area contributed by atoms with E-state index in [2.05, 4.69) is 5.10 Å². The van der Waals surface area contributed by atoms with Crippen LogP contribution >= 0.6 is 0 Å². The summed E-state index contributed by atoms with van der Waals surface area (Å²) < 4.78 is 7.16. The molecule has 1 aliphatic rings. The second kappa shape index (κ2) is 6.68. The maximum atomic E-state index is 12.3. The van der Waals surface area contributed by atoms with E-state index >= 15 is 0 Å². The number of aliphatic hydroxyl groups excluding tert-OH is 1. The Hall–Kier alpha value is -1.40. The van der Waals surface area contributed by atoms with Crippen LogP contribution in [0.5, 0.6) is 0 Å².